The first-order valence-electron chi connectivity index (χ1n) is 8.04. The fourth-order valence-corrected chi connectivity index (χ4v) is 2.59. The Labute approximate surface area is 143 Å². The summed E-state index contributed by atoms with van der Waals surface area (Å²) in [5.74, 6) is 0.116. The minimum absolute atomic E-state index is 0.116. The van der Waals surface area contributed by atoms with Crippen LogP contribution in [-0.4, -0.2) is 11.2 Å². The number of allylic oxidation sites excluding steroid dienone is 1. The smallest absolute Gasteiger partial charge is 0.352 e. The van der Waals surface area contributed by atoms with Crippen molar-refractivity contribution in [2.24, 2.45) is 5.92 Å². The van der Waals surface area contributed by atoms with Crippen LogP contribution in [0.1, 0.15) is 24.0 Å². The molecule has 3 nitrogen and oxygen atoms in total. The monoisotopic (exact) mass is 349 g/mol. The molecular formula is C19H18F3NO2. The van der Waals surface area contributed by atoms with Gasteiger partial charge in [-0.15, -0.1) is 0 Å². The summed E-state index contributed by atoms with van der Waals surface area (Å²) in [6.45, 7) is -0.260. The van der Waals surface area contributed by atoms with Crippen LogP contribution in [0.15, 0.2) is 65.6 Å². The number of hydrogen-bond donors (Lipinski definition) is 1. The van der Waals surface area contributed by atoms with E-state index in [0.717, 1.165) is 25.0 Å². The number of benzene rings is 1. The van der Waals surface area contributed by atoms with Crippen LogP contribution in [-0.2, 0) is 16.9 Å². The minimum atomic E-state index is -4.78. The SMILES string of the molecule is O=c1[nH]cccc1C(/C=C/C1CC1)(OCc1ccccc1)C(F)(F)F. The van der Waals surface area contributed by atoms with Crippen molar-refractivity contribution in [1.29, 1.82) is 0 Å². The molecule has 0 saturated heterocycles. The summed E-state index contributed by atoms with van der Waals surface area (Å²) in [7, 11) is 0. The Morgan fingerprint density at radius 3 is 2.44 bits per heavy atom. The maximum absolute atomic E-state index is 14.1. The van der Waals surface area contributed by atoms with E-state index < -0.39 is 22.9 Å². The molecule has 6 heteroatoms. The molecule has 2 aromatic rings. The number of alkyl halides is 3. The second-order valence-electron chi connectivity index (χ2n) is 6.12. The molecular weight excluding hydrogens is 331 g/mol. The molecule has 1 aromatic heterocycles. The summed E-state index contributed by atoms with van der Waals surface area (Å²) in [4.78, 5) is 14.4. The predicted molar refractivity (Wildman–Crippen MR) is 87.9 cm³/mol. The Balaban J connectivity index is 2.04. The molecule has 132 valence electrons. The van der Waals surface area contributed by atoms with E-state index in [0.29, 0.717) is 5.56 Å². The van der Waals surface area contributed by atoms with Crippen LogP contribution < -0.4 is 5.56 Å². The lowest BCUT2D eigenvalue weighted by molar-refractivity contribution is -0.268. The Kier molecular flexibility index (Phi) is 4.81. The number of nitrogens with one attached hydrogen (secondary N) is 1. The molecule has 1 saturated carbocycles. The lowest BCUT2D eigenvalue weighted by atomic mass is 9.92. The van der Waals surface area contributed by atoms with Gasteiger partial charge < -0.3 is 9.72 Å². The molecule has 0 radical (unpaired) electrons. The van der Waals surface area contributed by atoms with Gasteiger partial charge in [0.15, 0.2) is 0 Å². The van der Waals surface area contributed by atoms with Crippen LogP contribution in [0.25, 0.3) is 0 Å². The molecule has 1 heterocycles. The van der Waals surface area contributed by atoms with Crippen LogP contribution in [0.2, 0.25) is 0 Å². The van der Waals surface area contributed by atoms with E-state index in [4.69, 9.17) is 4.74 Å². The first-order valence-corrected chi connectivity index (χ1v) is 8.04. The molecule has 0 aliphatic heterocycles. The van der Waals surface area contributed by atoms with Crippen LogP contribution in [0, 0.1) is 5.92 Å². The first kappa shape index (κ1) is 17.5. The zero-order chi connectivity index (χ0) is 17.9. The number of aromatic amines is 1. The van der Waals surface area contributed by atoms with E-state index in [-0.39, 0.29) is 12.5 Å². The van der Waals surface area contributed by atoms with Gasteiger partial charge in [0.1, 0.15) is 0 Å². The molecule has 1 N–H and O–H groups in total. The Bertz CT molecular complexity index is 794. The van der Waals surface area contributed by atoms with Crippen LogP contribution in [0.4, 0.5) is 13.2 Å². The second-order valence-corrected chi connectivity index (χ2v) is 6.12. The molecule has 0 amide bonds. The minimum Gasteiger partial charge on any atom is -0.352 e. The number of H-pyrrole nitrogens is 1. The van der Waals surface area contributed by atoms with Crippen molar-refractivity contribution in [3.05, 3.63) is 82.3 Å². The van der Waals surface area contributed by atoms with Gasteiger partial charge in [-0.1, -0.05) is 36.4 Å². The molecule has 1 aliphatic carbocycles. The average molecular weight is 349 g/mol. The van der Waals surface area contributed by atoms with Crippen molar-refractivity contribution in [1.82, 2.24) is 4.98 Å². The average Bonchev–Trinajstić information content (AvgIpc) is 3.40. The maximum Gasteiger partial charge on any atom is 0.425 e. The zero-order valence-electron chi connectivity index (χ0n) is 13.4. The Morgan fingerprint density at radius 1 is 1.12 bits per heavy atom. The standard InChI is InChI=1S/C19H18F3NO2/c20-19(21,22)18(11-10-14-8-9-14,16-7-4-12-23-17(16)24)25-13-15-5-2-1-3-6-15/h1-7,10-12,14H,8-9,13H2,(H,23,24)/b11-10+. The molecule has 1 fully saturated rings. The first-order chi connectivity index (χ1) is 11.9. The largest absolute Gasteiger partial charge is 0.425 e. The highest BCUT2D eigenvalue weighted by atomic mass is 19.4. The van der Waals surface area contributed by atoms with Crippen molar-refractivity contribution in [3.63, 3.8) is 0 Å². The van der Waals surface area contributed by atoms with Gasteiger partial charge in [0, 0.05) is 6.20 Å². The lowest BCUT2D eigenvalue weighted by Gasteiger charge is -2.33. The molecule has 25 heavy (non-hydrogen) atoms. The van der Waals surface area contributed by atoms with E-state index in [1.807, 2.05) is 0 Å². The van der Waals surface area contributed by atoms with Gasteiger partial charge in [-0.25, -0.2) is 0 Å². The van der Waals surface area contributed by atoms with Gasteiger partial charge in [-0.2, -0.15) is 13.2 Å². The zero-order valence-corrected chi connectivity index (χ0v) is 13.4. The van der Waals surface area contributed by atoms with E-state index in [1.54, 1.807) is 30.3 Å². The summed E-state index contributed by atoms with van der Waals surface area (Å²) < 4.78 is 47.6. The third kappa shape index (κ3) is 3.85. The quantitative estimate of drug-likeness (QED) is 0.790. The number of ether oxygens (including phenoxy) is 1. The number of halogens is 3. The van der Waals surface area contributed by atoms with Crippen molar-refractivity contribution in [2.75, 3.05) is 0 Å². The highest BCUT2D eigenvalue weighted by molar-refractivity contribution is 5.29. The van der Waals surface area contributed by atoms with Crippen LogP contribution >= 0.6 is 0 Å². The van der Waals surface area contributed by atoms with Crippen molar-refractivity contribution >= 4 is 0 Å². The van der Waals surface area contributed by atoms with E-state index in [9.17, 15) is 18.0 Å². The second kappa shape index (κ2) is 6.88. The van der Waals surface area contributed by atoms with E-state index in [1.165, 1.54) is 18.3 Å². The van der Waals surface area contributed by atoms with Crippen molar-refractivity contribution in [3.8, 4) is 0 Å². The summed E-state index contributed by atoms with van der Waals surface area (Å²) in [5, 5.41) is 0. The fraction of sp³-hybridized carbons (Fsp3) is 0.316. The molecule has 0 spiro atoms. The predicted octanol–water partition coefficient (Wildman–Crippen LogP) is 4.32. The van der Waals surface area contributed by atoms with E-state index >= 15 is 0 Å². The molecule has 0 bridgehead atoms. The van der Waals surface area contributed by atoms with Gasteiger partial charge in [0.25, 0.3) is 5.56 Å². The third-order valence-corrected chi connectivity index (χ3v) is 4.17. The number of hydrogen-bond acceptors (Lipinski definition) is 2. The number of pyridine rings is 1. The highest BCUT2D eigenvalue weighted by Gasteiger charge is 2.57. The van der Waals surface area contributed by atoms with Gasteiger partial charge in [-0.3, -0.25) is 4.79 Å². The van der Waals surface area contributed by atoms with Crippen molar-refractivity contribution < 1.29 is 17.9 Å². The molecule has 1 unspecified atom stereocenters. The lowest BCUT2D eigenvalue weighted by Crippen LogP contribution is -2.46. The van der Waals surface area contributed by atoms with Gasteiger partial charge >= 0.3 is 6.18 Å². The van der Waals surface area contributed by atoms with Crippen LogP contribution in [0.5, 0.6) is 0 Å². The summed E-state index contributed by atoms with van der Waals surface area (Å²) in [5.41, 5.74) is -3.45. The van der Waals surface area contributed by atoms with Crippen molar-refractivity contribution in [2.45, 2.75) is 31.2 Å². The Hall–Kier alpha value is -2.34. The third-order valence-electron chi connectivity index (χ3n) is 4.17. The maximum atomic E-state index is 14.1. The summed E-state index contributed by atoms with van der Waals surface area (Å²) >= 11 is 0. The molecule has 3 rings (SSSR count). The summed E-state index contributed by atoms with van der Waals surface area (Å²) in [6.07, 6.45) is 0.738. The molecule has 1 atom stereocenters. The topological polar surface area (TPSA) is 42.1 Å². The Morgan fingerprint density at radius 2 is 1.84 bits per heavy atom. The number of rotatable bonds is 6. The highest BCUT2D eigenvalue weighted by Crippen LogP contribution is 2.44. The van der Waals surface area contributed by atoms with Gasteiger partial charge in [-0.05, 0) is 42.5 Å². The number of aromatic nitrogens is 1. The fourth-order valence-electron chi connectivity index (χ4n) is 2.59. The van der Waals surface area contributed by atoms with Gasteiger partial charge in [0.05, 0.1) is 12.2 Å². The molecule has 1 aromatic carbocycles. The van der Waals surface area contributed by atoms with E-state index in [2.05, 4.69) is 4.98 Å². The molecule has 1 aliphatic rings. The van der Waals surface area contributed by atoms with Gasteiger partial charge in [0.2, 0.25) is 5.60 Å². The summed E-state index contributed by atoms with van der Waals surface area (Å²) in [6, 6.07) is 11.1. The van der Waals surface area contributed by atoms with Crippen LogP contribution in [0.3, 0.4) is 0 Å². The normalized spacial score (nSPS) is 17.6.